The van der Waals surface area contributed by atoms with Gasteiger partial charge in [0.2, 0.25) is 10.0 Å². The quantitative estimate of drug-likeness (QED) is 0.680. The molecule has 1 N–H and O–H groups in total. The standard InChI is InChI=1S/C23H27N3O3S/c1-17-13-18(2)23(19(3)14-17)30(27,28)26-11-9-25(10-12-26)16-22-24-15-21(29-22)20-7-5-4-6-8-20/h4-8,13-15H,9-12,16H2,1-3H3/p+1. The Morgan fingerprint density at radius 1 is 1.03 bits per heavy atom. The van der Waals surface area contributed by atoms with E-state index in [1.54, 1.807) is 10.5 Å². The maximum Gasteiger partial charge on any atom is 0.250 e. The third-order valence-corrected chi connectivity index (χ3v) is 7.85. The van der Waals surface area contributed by atoms with E-state index in [-0.39, 0.29) is 0 Å². The third kappa shape index (κ3) is 4.19. The molecule has 3 aromatic rings. The molecule has 2 heterocycles. The van der Waals surface area contributed by atoms with Gasteiger partial charge in [0.05, 0.1) is 37.3 Å². The number of aromatic nitrogens is 1. The number of oxazole rings is 1. The zero-order valence-corrected chi connectivity index (χ0v) is 18.5. The van der Waals surface area contributed by atoms with Gasteiger partial charge < -0.3 is 9.32 Å². The van der Waals surface area contributed by atoms with Crippen molar-refractivity contribution in [2.45, 2.75) is 32.2 Å². The normalized spacial score (nSPS) is 16.1. The molecule has 4 rings (SSSR count). The highest BCUT2D eigenvalue weighted by Crippen LogP contribution is 2.25. The zero-order chi connectivity index (χ0) is 21.3. The summed E-state index contributed by atoms with van der Waals surface area (Å²) in [7, 11) is -3.49. The van der Waals surface area contributed by atoms with Crippen LogP contribution in [0.25, 0.3) is 11.3 Å². The molecule has 1 aliphatic rings. The number of sulfonamides is 1. The summed E-state index contributed by atoms with van der Waals surface area (Å²) in [4.78, 5) is 6.15. The lowest BCUT2D eigenvalue weighted by Gasteiger charge is -2.31. The van der Waals surface area contributed by atoms with Gasteiger partial charge in [0.1, 0.15) is 0 Å². The first-order valence-corrected chi connectivity index (χ1v) is 11.7. The van der Waals surface area contributed by atoms with Crippen LogP contribution in [0.1, 0.15) is 22.6 Å². The van der Waals surface area contributed by atoms with Gasteiger partial charge in [-0.05, 0) is 31.9 Å². The molecule has 0 bridgehead atoms. The van der Waals surface area contributed by atoms with Crippen LogP contribution in [0, 0.1) is 20.8 Å². The summed E-state index contributed by atoms with van der Waals surface area (Å²) in [5, 5.41) is 0. The number of quaternary nitrogens is 1. The molecule has 6 nitrogen and oxygen atoms in total. The number of nitrogens with zero attached hydrogens (tertiary/aromatic N) is 2. The lowest BCUT2D eigenvalue weighted by molar-refractivity contribution is -0.918. The molecule has 0 amide bonds. The maximum absolute atomic E-state index is 13.3. The zero-order valence-electron chi connectivity index (χ0n) is 17.7. The lowest BCUT2D eigenvalue weighted by atomic mass is 10.1. The topological polar surface area (TPSA) is 67.8 Å². The van der Waals surface area contributed by atoms with Crippen LogP contribution in [0.4, 0.5) is 0 Å². The van der Waals surface area contributed by atoms with Crippen molar-refractivity contribution in [2.75, 3.05) is 26.2 Å². The number of aryl methyl sites for hydroxylation is 3. The average Bonchev–Trinajstić information content (AvgIpc) is 3.16. The lowest BCUT2D eigenvalue weighted by Crippen LogP contribution is -3.13. The fraction of sp³-hybridized carbons (Fsp3) is 0.348. The minimum Gasteiger partial charge on any atom is -0.435 e. The van der Waals surface area contributed by atoms with Crippen LogP contribution in [-0.4, -0.2) is 43.9 Å². The smallest absolute Gasteiger partial charge is 0.250 e. The van der Waals surface area contributed by atoms with Crippen molar-refractivity contribution < 1.29 is 17.7 Å². The molecule has 1 fully saturated rings. The Kier molecular flexibility index (Phi) is 5.77. The van der Waals surface area contributed by atoms with Crippen molar-refractivity contribution in [1.29, 1.82) is 0 Å². The molecule has 0 spiro atoms. The van der Waals surface area contributed by atoms with Gasteiger partial charge in [0, 0.05) is 5.56 Å². The van der Waals surface area contributed by atoms with E-state index < -0.39 is 10.0 Å². The SMILES string of the molecule is Cc1cc(C)c(S(=O)(=O)N2CC[NH+](Cc3ncc(-c4ccccc4)o3)CC2)c(C)c1. The van der Waals surface area contributed by atoms with Gasteiger partial charge in [0.15, 0.2) is 12.3 Å². The molecule has 0 atom stereocenters. The molecular formula is C23H28N3O3S+. The summed E-state index contributed by atoms with van der Waals surface area (Å²) in [6.45, 7) is 8.85. The first kappa shape index (κ1) is 20.8. The highest BCUT2D eigenvalue weighted by Gasteiger charge is 2.33. The predicted molar refractivity (Wildman–Crippen MR) is 116 cm³/mol. The van der Waals surface area contributed by atoms with Crippen molar-refractivity contribution in [3.8, 4) is 11.3 Å². The van der Waals surface area contributed by atoms with Crippen molar-refractivity contribution in [1.82, 2.24) is 9.29 Å². The fourth-order valence-electron chi connectivity index (χ4n) is 4.26. The second-order valence-electron chi connectivity index (χ2n) is 8.04. The Balaban J connectivity index is 1.41. The summed E-state index contributed by atoms with van der Waals surface area (Å²) in [6, 6.07) is 13.8. The molecule has 1 saturated heterocycles. The van der Waals surface area contributed by atoms with Crippen LogP contribution in [-0.2, 0) is 16.6 Å². The molecule has 2 aromatic carbocycles. The number of benzene rings is 2. The van der Waals surface area contributed by atoms with Gasteiger partial charge in [0.25, 0.3) is 5.89 Å². The van der Waals surface area contributed by atoms with Crippen molar-refractivity contribution >= 4 is 10.0 Å². The van der Waals surface area contributed by atoms with E-state index in [0.717, 1.165) is 41.1 Å². The molecule has 0 unspecified atom stereocenters. The predicted octanol–water partition coefficient (Wildman–Crippen LogP) is 2.36. The molecular weight excluding hydrogens is 398 g/mol. The Hall–Kier alpha value is -2.48. The van der Waals surface area contributed by atoms with Crippen LogP contribution >= 0.6 is 0 Å². The molecule has 1 aromatic heterocycles. The summed E-state index contributed by atoms with van der Waals surface area (Å²) >= 11 is 0. The van der Waals surface area contributed by atoms with Crippen molar-refractivity contribution in [3.63, 3.8) is 0 Å². The number of piperazine rings is 1. The summed E-state index contributed by atoms with van der Waals surface area (Å²) in [5.74, 6) is 1.45. The second-order valence-corrected chi connectivity index (χ2v) is 9.92. The van der Waals surface area contributed by atoms with E-state index in [1.165, 1.54) is 4.90 Å². The van der Waals surface area contributed by atoms with Crippen LogP contribution in [0.5, 0.6) is 0 Å². The van der Waals surface area contributed by atoms with Crippen LogP contribution in [0.15, 0.2) is 58.0 Å². The number of rotatable bonds is 5. The Morgan fingerprint density at radius 2 is 1.67 bits per heavy atom. The van der Waals surface area contributed by atoms with E-state index in [2.05, 4.69) is 4.98 Å². The molecule has 0 aliphatic carbocycles. The van der Waals surface area contributed by atoms with Crippen molar-refractivity contribution in [3.05, 3.63) is 71.2 Å². The third-order valence-electron chi connectivity index (χ3n) is 5.65. The van der Waals surface area contributed by atoms with Gasteiger partial charge in [-0.15, -0.1) is 0 Å². The molecule has 0 saturated carbocycles. The van der Waals surface area contributed by atoms with Gasteiger partial charge in [-0.1, -0.05) is 48.0 Å². The minimum atomic E-state index is -3.49. The van der Waals surface area contributed by atoms with E-state index in [4.69, 9.17) is 4.42 Å². The molecule has 1 aliphatic heterocycles. The Bertz CT molecular complexity index is 1110. The fourth-order valence-corrected chi connectivity index (χ4v) is 6.12. The minimum absolute atomic E-state index is 0.455. The molecule has 158 valence electrons. The van der Waals surface area contributed by atoms with Crippen LogP contribution in [0.3, 0.4) is 0 Å². The Labute approximate surface area is 178 Å². The largest absolute Gasteiger partial charge is 0.435 e. The molecule has 30 heavy (non-hydrogen) atoms. The molecule has 7 heteroatoms. The average molecular weight is 427 g/mol. The van der Waals surface area contributed by atoms with E-state index in [1.807, 2.05) is 63.2 Å². The Morgan fingerprint density at radius 3 is 2.30 bits per heavy atom. The van der Waals surface area contributed by atoms with Crippen molar-refractivity contribution in [2.24, 2.45) is 0 Å². The van der Waals surface area contributed by atoms with Crippen LogP contribution < -0.4 is 4.90 Å². The van der Waals surface area contributed by atoms with Gasteiger partial charge >= 0.3 is 0 Å². The second kappa shape index (κ2) is 8.34. The number of hydrogen-bond acceptors (Lipinski definition) is 4. The highest BCUT2D eigenvalue weighted by molar-refractivity contribution is 7.89. The van der Waals surface area contributed by atoms with E-state index in [0.29, 0.717) is 30.4 Å². The highest BCUT2D eigenvalue weighted by atomic mass is 32.2. The first-order valence-electron chi connectivity index (χ1n) is 10.3. The molecule has 0 radical (unpaired) electrons. The maximum atomic E-state index is 13.3. The van der Waals surface area contributed by atoms with E-state index in [9.17, 15) is 8.42 Å². The number of nitrogens with one attached hydrogen (secondary N) is 1. The van der Waals surface area contributed by atoms with Gasteiger partial charge in [-0.3, -0.25) is 0 Å². The van der Waals surface area contributed by atoms with Crippen LogP contribution in [0.2, 0.25) is 0 Å². The first-order chi connectivity index (χ1) is 14.3. The summed E-state index contributed by atoms with van der Waals surface area (Å²) in [6.07, 6.45) is 1.76. The monoisotopic (exact) mass is 426 g/mol. The summed E-state index contributed by atoms with van der Waals surface area (Å²) < 4.78 is 34.0. The summed E-state index contributed by atoms with van der Waals surface area (Å²) in [5.41, 5.74) is 3.72. The number of hydrogen-bond donors (Lipinski definition) is 1. The van der Waals surface area contributed by atoms with Gasteiger partial charge in [-0.2, -0.15) is 4.31 Å². The van der Waals surface area contributed by atoms with Gasteiger partial charge in [-0.25, -0.2) is 13.4 Å². The van der Waals surface area contributed by atoms with E-state index >= 15 is 0 Å².